The van der Waals surface area contributed by atoms with Gasteiger partial charge in [-0.25, -0.2) is 9.97 Å². The maximum atomic E-state index is 12.2. The second-order valence-corrected chi connectivity index (χ2v) is 4.90. The van der Waals surface area contributed by atoms with E-state index in [2.05, 4.69) is 20.6 Å². The summed E-state index contributed by atoms with van der Waals surface area (Å²) in [7, 11) is 1.53. The van der Waals surface area contributed by atoms with Crippen LogP contribution in [0.3, 0.4) is 0 Å². The van der Waals surface area contributed by atoms with Crippen molar-refractivity contribution in [2.75, 3.05) is 24.3 Å². The normalized spacial score (nSPS) is 10.1. The Bertz CT molecular complexity index is 664. The highest BCUT2D eigenvalue weighted by Gasteiger charge is 2.10. The SMILES string of the molecule is CCCNc1nccc(C(=O)Nc2ccc(OC)c(Cl)c2)n1. The molecule has 0 fully saturated rings. The molecule has 0 saturated carbocycles. The fourth-order valence-electron chi connectivity index (χ4n) is 1.75. The predicted octanol–water partition coefficient (Wildman–Crippen LogP) is 3.21. The van der Waals surface area contributed by atoms with Crippen LogP contribution in [0.2, 0.25) is 5.02 Å². The van der Waals surface area contributed by atoms with Crippen molar-refractivity contribution in [3.63, 3.8) is 0 Å². The average Bonchev–Trinajstić information content (AvgIpc) is 2.53. The number of methoxy groups -OCH3 is 1. The van der Waals surface area contributed by atoms with E-state index < -0.39 is 0 Å². The third-order valence-corrected chi connectivity index (χ3v) is 3.13. The molecule has 116 valence electrons. The minimum atomic E-state index is -0.330. The number of ether oxygens (including phenoxy) is 1. The lowest BCUT2D eigenvalue weighted by molar-refractivity contribution is 0.102. The van der Waals surface area contributed by atoms with E-state index in [0.29, 0.717) is 22.4 Å². The predicted molar refractivity (Wildman–Crippen MR) is 86.8 cm³/mol. The van der Waals surface area contributed by atoms with Gasteiger partial charge in [-0.2, -0.15) is 0 Å². The number of hydrogen-bond acceptors (Lipinski definition) is 5. The summed E-state index contributed by atoms with van der Waals surface area (Å²) in [4.78, 5) is 20.4. The van der Waals surface area contributed by atoms with Gasteiger partial charge in [0.1, 0.15) is 11.4 Å². The van der Waals surface area contributed by atoms with Gasteiger partial charge in [-0.05, 0) is 30.7 Å². The quantitative estimate of drug-likeness (QED) is 0.854. The zero-order valence-electron chi connectivity index (χ0n) is 12.4. The molecular formula is C15H17ClN4O2. The van der Waals surface area contributed by atoms with E-state index in [1.165, 1.54) is 7.11 Å². The molecule has 2 rings (SSSR count). The van der Waals surface area contributed by atoms with Gasteiger partial charge < -0.3 is 15.4 Å². The minimum Gasteiger partial charge on any atom is -0.495 e. The summed E-state index contributed by atoms with van der Waals surface area (Å²) < 4.78 is 5.07. The van der Waals surface area contributed by atoms with Crippen LogP contribution in [0.1, 0.15) is 23.8 Å². The summed E-state index contributed by atoms with van der Waals surface area (Å²) in [6, 6.07) is 6.57. The van der Waals surface area contributed by atoms with Crippen molar-refractivity contribution in [3.8, 4) is 5.75 Å². The highest BCUT2D eigenvalue weighted by Crippen LogP contribution is 2.27. The van der Waals surface area contributed by atoms with Crippen molar-refractivity contribution in [3.05, 3.63) is 41.2 Å². The summed E-state index contributed by atoms with van der Waals surface area (Å²) in [5, 5.41) is 6.20. The molecule has 0 atom stereocenters. The van der Waals surface area contributed by atoms with Crippen LogP contribution < -0.4 is 15.4 Å². The summed E-state index contributed by atoms with van der Waals surface area (Å²) in [5.74, 6) is 0.651. The van der Waals surface area contributed by atoms with Gasteiger partial charge in [-0.3, -0.25) is 4.79 Å². The maximum absolute atomic E-state index is 12.2. The van der Waals surface area contributed by atoms with Crippen molar-refractivity contribution in [1.82, 2.24) is 9.97 Å². The van der Waals surface area contributed by atoms with E-state index in [1.807, 2.05) is 6.92 Å². The van der Waals surface area contributed by atoms with E-state index >= 15 is 0 Å². The maximum Gasteiger partial charge on any atom is 0.274 e. The lowest BCUT2D eigenvalue weighted by Crippen LogP contribution is -2.15. The Morgan fingerprint density at radius 2 is 2.18 bits per heavy atom. The number of rotatable bonds is 6. The summed E-state index contributed by atoms with van der Waals surface area (Å²) in [5.41, 5.74) is 0.845. The molecule has 0 aliphatic carbocycles. The van der Waals surface area contributed by atoms with E-state index in [0.717, 1.165) is 13.0 Å². The van der Waals surface area contributed by atoms with Gasteiger partial charge in [0, 0.05) is 18.4 Å². The van der Waals surface area contributed by atoms with E-state index in [1.54, 1.807) is 30.5 Å². The Morgan fingerprint density at radius 3 is 2.86 bits per heavy atom. The third kappa shape index (κ3) is 4.08. The molecule has 0 radical (unpaired) electrons. The monoisotopic (exact) mass is 320 g/mol. The number of carbonyl (C=O) groups is 1. The van der Waals surface area contributed by atoms with Crippen LogP contribution in [0.4, 0.5) is 11.6 Å². The van der Waals surface area contributed by atoms with Crippen LogP contribution >= 0.6 is 11.6 Å². The molecule has 0 aliphatic rings. The molecule has 1 heterocycles. The number of benzene rings is 1. The molecule has 2 aromatic rings. The Labute approximate surface area is 133 Å². The first-order chi connectivity index (χ1) is 10.6. The highest BCUT2D eigenvalue weighted by molar-refractivity contribution is 6.32. The molecule has 0 bridgehead atoms. The highest BCUT2D eigenvalue weighted by atomic mass is 35.5. The van der Waals surface area contributed by atoms with Crippen LogP contribution in [0.25, 0.3) is 0 Å². The van der Waals surface area contributed by atoms with Gasteiger partial charge >= 0.3 is 0 Å². The molecule has 1 amide bonds. The van der Waals surface area contributed by atoms with Gasteiger partial charge in [0.05, 0.1) is 12.1 Å². The first-order valence-electron chi connectivity index (χ1n) is 6.86. The molecule has 6 nitrogen and oxygen atoms in total. The number of nitrogens with zero attached hydrogens (tertiary/aromatic N) is 2. The standard InChI is InChI=1S/C15H17ClN4O2/c1-3-7-17-15-18-8-6-12(20-15)14(21)19-10-4-5-13(22-2)11(16)9-10/h4-6,8-9H,3,7H2,1-2H3,(H,19,21)(H,17,18,20). The van der Waals surface area contributed by atoms with Crippen LogP contribution in [0.5, 0.6) is 5.75 Å². The van der Waals surface area contributed by atoms with Crippen molar-refractivity contribution in [2.45, 2.75) is 13.3 Å². The summed E-state index contributed by atoms with van der Waals surface area (Å²) in [6.45, 7) is 2.79. The second kappa shape index (κ2) is 7.61. The second-order valence-electron chi connectivity index (χ2n) is 4.50. The summed E-state index contributed by atoms with van der Waals surface area (Å²) in [6.07, 6.45) is 2.49. The number of amides is 1. The van der Waals surface area contributed by atoms with Crippen molar-refractivity contribution < 1.29 is 9.53 Å². The van der Waals surface area contributed by atoms with Crippen molar-refractivity contribution in [2.24, 2.45) is 0 Å². The van der Waals surface area contributed by atoms with Gasteiger partial charge in [-0.1, -0.05) is 18.5 Å². The van der Waals surface area contributed by atoms with Crippen LogP contribution in [0, 0.1) is 0 Å². The van der Waals surface area contributed by atoms with Crippen LogP contribution in [-0.4, -0.2) is 29.5 Å². The molecule has 0 unspecified atom stereocenters. The lowest BCUT2D eigenvalue weighted by atomic mass is 10.3. The van der Waals surface area contributed by atoms with Crippen molar-refractivity contribution in [1.29, 1.82) is 0 Å². The van der Waals surface area contributed by atoms with E-state index in [9.17, 15) is 4.79 Å². The fraction of sp³-hybridized carbons (Fsp3) is 0.267. The molecule has 0 aliphatic heterocycles. The third-order valence-electron chi connectivity index (χ3n) is 2.83. The average molecular weight is 321 g/mol. The zero-order valence-corrected chi connectivity index (χ0v) is 13.1. The summed E-state index contributed by atoms with van der Waals surface area (Å²) >= 11 is 6.03. The number of hydrogen-bond donors (Lipinski definition) is 2. The van der Waals surface area contributed by atoms with Crippen molar-refractivity contribution >= 4 is 29.1 Å². The molecule has 2 N–H and O–H groups in total. The number of carbonyl (C=O) groups excluding carboxylic acids is 1. The first-order valence-corrected chi connectivity index (χ1v) is 7.23. The molecule has 0 spiro atoms. The van der Waals surface area contributed by atoms with Crippen LogP contribution in [-0.2, 0) is 0 Å². The van der Waals surface area contributed by atoms with E-state index in [-0.39, 0.29) is 11.6 Å². The Balaban J connectivity index is 2.10. The smallest absolute Gasteiger partial charge is 0.274 e. The number of nitrogens with one attached hydrogen (secondary N) is 2. The molecule has 22 heavy (non-hydrogen) atoms. The topological polar surface area (TPSA) is 76.1 Å². The number of aromatic nitrogens is 2. The Morgan fingerprint density at radius 1 is 1.36 bits per heavy atom. The molecular weight excluding hydrogens is 304 g/mol. The molecule has 0 saturated heterocycles. The molecule has 1 aromatic heterocycles. The molecule has 1 aromatic carbocycles. The largest absolute Gasteiger partial charge is 0.495 e. The van der Waals surface area contributed by atoms with Gasteiger partial charge in [-0.15, -0.1) is 0 Å². The van der Waals surface area contributed by atoms with Gasteiger partial charge in [0.2, 0.25) is 5.95 Å². The fourth-order valence-corrected chi connectivity index (χ4v) is 2.00. The number of anilines is 2. The van der Waals surface area contributed by atoms with Gasteiger partial charge in [0.15, 0.2) is 0 Å². The van der Waals surface area contributed by atoms with Crippen LogP contribution in [0.15, 0.2) is 30.5 Å². The Hall–Kier alpha value is -2.34. The Kier molecular flexibility index (Phi) is 5.55. The first kappa shape index (κ1) is 16.0. The lowest BCUT2D eigenvalue weighted by Gasteiger charge is -2.08. The number of halogens is 1. The molecule has 7 heteroatoms. The van der Waals surface area contributed by atoms with Gasteiger partial charge in [0.25, 0.3) is 5.91 Å². The zero-order chi connectivity index (χ0) is 15.9. The van der Waals surface area contributed by atoms with E-state index in [4.69, 9.17) is 16.3 Å². The minimum absolute atomic E-state index is 0.278.